The summed E-state index contributed by atoms with van der Waals surface area (Å²) in [7, 11) is 5.80. The molecule has 4 heteroatoms. The molecule has 60 valence electrons. The van der Waals surface area contributed by atoms with Crippen LogP contribution in [0.1, 0.15) is 6.92 Å². The van der Waals surface area contributed by atoms with E-state index in [1.807, 2.05) is 12.1 Å². The number of esters is 1. The van der Waals surface area contributed by atoms with Crippen molar-refractivity contribution in [1.29, 1.82) is 0 Å². The first-order valence-electron chi connectivity index (χ1n) is 3.55. The Balaban J connectivity index is 2.71. The molecule has 0 heterocycles. The molecule has 0 aromatic heterocycles. The first kappa shape index (κ1) is 10.00. The van der Waals surface area contributed by atoms with Gasteiger partial charge in [0, 0.05) is 0 Å². The van der Waals surface area contributed by atoms with Crippen molar-refractivity contribution in [2.45, 2.75) is 6.92 Å². The van der Waals surface area contributed by atoms with Crippen molar-refractivity contribution in [3.05, 3.63) is 24.3 Å². The first-order chi connectivity index (χ1) is 5.72. The molecule has 2 nitrogen and oxygen atoms in total. The van der Waals surface area contributed by atoms with Crippen molar-refractivity contribution in [2.24, 2.45) is 0 Å². The van der Waals surface area contributed by atoms with Gasteiger partial charge in [-0.15, -0.1) is 0 Å². The van der Waals surface area contributed by atoms with E-state index in [2.05, 4.69) is 0 Å². The molecule has 0 atom stereocenters. The van der Waals surface area contributed by atoms with Crippen molar-refractivity contribution in [2.75, 3.05) is 0 Å². The zero-order valence-electron chi connectivity index (χ0n) is 6.71. The van der Waals surface area contributed by atoms with Crippen LogP contribution in [0.5, 0.6) is 5.75 Å². The molecule has 0 aliphatic heterocycles. The molecule has 12 heavy (non-hydrogen) atoms. The molecule has 0 fully saturated rings. The summed E-state index contributed by atoms with van der Waals surface area (Å²) in [6.45, 7) is 1.38. The number of carbonyl (C=O) groups is 1. The molecular formula is C8H7ClHgO2. The van der Waals surface area contributed by atoms with E-state index in [-0.39, 0.29) is 5.97 Å². The molecule has 0 N–H and O–H groups in total. The molecule has 0 saturated carbocycles. The first-order valence-corrected chi connectivity index (χ1v) is 13.1. The van der Waals surface area contributed by atoms with Crippen molar-refractivity contribution in [1.82, 2.24) is 0 Å². The van der Waals surface area contributed by atoms with Gasteiger partial charge in [-0.05, 0) is 0 Å². The second-order valence-corrected chi connectivity index (χ2v) is 8.93. The van der Waals surface area contributed by atoms with Crippen LogP contribution < -0.4 is 7.81 Å². The summed E-state index contributed by atoms with van der Waals surface area (Å²) in [5.41, 5.74) is 0. The van der Waals surface area contributed by atoms with E-state index in [1.54, 1.807) is 12.1 Å². The summed E-state index contributed by atoms with van der Waals surface area (Å²) < 4.78 is 6.09. The Morgan fingerprint density at radius 2 is 2.00 bits per heavy atom. The molecule has 0 aliphatic carbocycles. The van der Waals surface area contributed by atoms with Crippen LogP contribution in [-0.2, 0) is 28.1 Å². The van der Waals surface area contributed by atoms with Gasteiger partial charge >= 0.3 is 87.1 Å². The normalized spacial score (nSPS) is 8.83. The van der Waals surface area contributed by atoms with Gasteiger partial charge in [0.1, 0.15) is 0 Å². The number of ether oxygens (including phenoxy) is 1. The third-order valence-corrected chi connectivity index (χ3v) is 7.08. The summed E-state index contributed by atoms with van der Waals surface area (Å²) in [6, 6.07) is 7.40. The van der Waals surface area contributed by atoms with Gasteiger partial charge < -0.3 is 0 Å². The Hall–Kier alpha value is -0.0849. The SMILES string of the molecule is CC(=O)Oc1cc[c]([Hg][Cl])cc1. The zero-order valence-corrected chi connectivity index (χ0v) is 13.0. The number of rotatable bonds is 2. The van der Waals surface area contributed by atoms with Crippen LogP contribution in [0.15, 0.2) is 24.3 Å². The number of carbonyl (C=O) groups excluding carboxylic acids is 1. The van der Waals surface area contributed by atoms with E-state index in [1.165, 1.54) is 10.00 Å². The average molecular weight is 371 g/mol. The van der Waals surface area contributed by atoms with Crippen LogP contribution in [0.4, 0.5) is 0 Å². The molecular weight excluding hydrogens is 364 g/mol. The fourth-order valence-corrected chi connectivity index (χ4v) is 3.98. The molecule has 0 spiro atoms. The van der Waals surface area contributed by atoms with Gasteiger partial charge in [-0.25, -0.2) is 0 Å². The van der Waals surface area contributed by atoms with E-state index in [0.717, 1.165) is 0 Å². The van der Waals surface area contributed by atoms with Crippen molar-refractivity contribution >= 4 is 17.3 Å². The fourth-order valence-electron chi connectivity index (χ4n) is 0.813. The Bertz CT molecular complexity index is 271. The molecule has 1 aromatic carbocycles. The van der Waals surface area contributed by atoms with E-state index in [9.17, 15) is 4.79 Å². The molecule has 0 amide bonds. The van der Waals surface area contributed by atoms with Gasteiger partial charge in [-0.3, -0.25) is 0 Å². The molecule has 1 rings (SSSR count). The predicted molar refractivity (Wildman–Crippen MR) is 43.2 cm³/mol. The summed E-state index contributed by atoms with van der Waals surface area (Å²) in [4.78, 5) is 10.5. The Kier molecular flexibility index (Phi) is 4.02. The molecule has 0 saturated heterocycles. The van der Waals surface area contributed by atoms with Crippen LogP contribution >= 0.6 is 8.25 Å². The van der Waals surface area contributed by atoms with Gasteiger partial charge in [0.2, 0.25) is 0 Å². The van der Waals surface area contributed by atoms with Gasteiger partial charge in [0.25, 0.3) is 0 Å². The Labute approximate surface area is 86.7 Å². The minimum absolute atomic E-state index is 0.293. The average Bonchev–Trinajstić information content (AvgIpc) is 2.05. The third kappa shape index (κ3) is 3.11. The molecule has 0 bridgehead atoms. The molecule has 0 radical (unpaired) electrons. The zero-order chi connectivity index (χ0) is 8.97. The van der Waals surface area contributed by atoms with Gasteiger partial charge in [-0.1, -0.05) is 0 Å². The Morgan fingerprint density at radius 3 is 2.42 bits per heavy atom. The van der Waals surface area contributed by atoms with Crippen LogP contribution in [-0.4, -0.2) is 5.97 Å². The summed E-state index contributed by atoms with van der Waals surface area (Å²) in [5.74, 6) is 0.294. The predicted octanol–water partition coefficient (Wildman–Crippen LogP) is 1.47. The quantitative estimate of drug-likeness (QED) is 0.447. The van der Waals surface area contributed by atoms with Crippen LogP contribution in [0.2, 0.25) is 0 Å². The van der Waals surface area contributed by atoms with Crippen molar-refractivity contribution in [3.8, 4) is 5.75 Å². The summed E-state index contributed by atoms with van der Waals surface area (Å²) in [5, 5.41) is 0. The topological polar surface area (TPSA) is 26.3 Å². The van der Waals surface area contributed by atoms with E-state index in [4.69, 9.17) is 13.0 Å². The van der Waals surface area contributed by atoms with Crippen molar-refractivity contribution in [3.63, 3.8) is 0 Å². The maximum absolute atomic E-state index is 10.5. The van der Waals surface area contributed by atoms with Gasteiger partial charge in [-0.2, -0.15) is 0 Å². The van der Waals surface area contributed by atoms with Crippen molar-refractivity contribution < 1.29 is 32.9 Å². The second kappa shape index (κ2) is 4.82. The van der Waals surface area contributed by atoms with Crippen LogP contribution in [0, 0.1) is 0 Å². The molecule has 0 unspecified atom stereocenters. The number of hydrogen-bond acceptors (Lipinski definition) is 2. The van der Waals surface area contributed by atoms with Gasteiger partial charge in [0.15, 0.2) is 0 Å². The maximum atomic E-state index is 10.5. The van der Waals surface area contributed by atoms with Gasteiger partial charge in [0.05, 0.1) is 0 Å². The summed E-state index contributed by atoms with van der Waals surface area (Å²) in [6.07, 6.45) is 0. The summed E-state index contributed by atoms with van der Waals surface area (Å²) >= 11 is -1.28. The second-order valence-electron chi connectivity index (χ2n) is 2.37. The minimum atomic E-state index is -1.28. The molecule has 1 aromatic rings. The number of hydrogen-bond donors (Lipinski definition) is 0. The number of halogens is 1. The third-order valence-electron chi connectivity index (χ3n) is 1.34. The van der Waals surface area contributed by atoms with Crippen LogP contribution in [0.3, 0.4) is 0 Å². The van der Waals surface area contributed by atoms with Crippen LogP contribution in [0.25, 0.3) is 0 Å². The number of benzene rings is 1. The van der Waals surface area contributed by atoms with E-state index in [0.29, 0.717) is 5.75 Å². The molecule has 0 aliphatic rings. The fraction of sp³-hybridized carbons (Fsp3) is 0.125. The Morgan fingerprint density at radius 1 is 1.42 bits per heavy atom. The monoisotopic (exact) mass is 372 g/mol. The standard InChI is InChI=1S/C8H7O2.ClH.Hg/c1-7(9)10-8-5-3-2-4-6-8;;/h3-6H,1H3;1H;/q;;+1/p-1. The van der Waals surface area contributed by atoms with E-state index < -0.39 is 23.3 Å². The van der Waals surface area contributed by atoms with E-state index >= 15 is 0 Å².